The highest BCUT2D eigenvalue weighted by molar-refractivity contribution is 7.14. The van der Waals surface area contributed by atoms with Crippen LogP contribution >= 0.6 is 11.3 Å². The van der Waals surface area contributed by atoms with E-state index in [1.165, 1.54) is 29.6 Å². The molecular weight excluding hydrogens is 246 g/mol. The van der Waals surface area contributed by atoms with E-state index in [4.69, 9.17) is 0 Å². The summed E-state index contributed by atoms with van der Waals surface area (Å²) in [6.45, 7) is 0. The van der Waals surface area contributed by atoms with Crippen LogP contribution in [0.4, 0.5) is 0 Å². The molecule has 0 bridgehead atoms. The molecule has 2 aromatic rings. The zero-order chi connectivity index (χ0) is 12.5. The van der Waals surface area contributed by atoms with Crippen LogP contribution in [-0.2, 0) is 26.3 Å². The molecule has 1 aliphatic rings. The van der Waals surface area contributed by atoms with Crippen molar-refractivity contribution in [1.82, 2.24) is 14.8 Å². The number of carbonyl (C=O) groups excluding carboxylic acids is 1. The first-order valence-corrected chi connectivity index (χ1v) is 7.03. The molecular formula is C13H15N3OS. The van der Waals surface area contributed by atoms with Gasteiger partial charge in [-0.1, -0.05) is 0 Å². The van der Waals surface area contributed by atoms with E-state index in [2.05, 4.69) is 16.1 Å². The van der Waals surface area contributed by atoms with Crippen molar-refractivity contribution in [3.05, 3.63) is 33.5 Å². The summed E-state index contributed by atoms with van der Waals surface area (Å²) >= 11 is 1.66. The Hall–Kier alpha value is -1.49. The highest BCUT2D eigenvalue weighted by atomic mass is 32.1. The summed E-state index contributed by atoms with van der Waals surface area (Å²) in [6.07, 6.45) is 6.60. The van der Waals surface area contributed by atoms with Gasteiger partial charge in [0.2, 0.25) is 0 Å². The SMILES string of the molecule is Cn1ncnc1CC(=O)c1cc2c(s1)CCCC2. The van der Waals surface area contributed by atoms with E-state index in [1.807, 2.05) is 7.05 Å². The van der Waals surface area contributed by atoms with Crippen molar-refractivity contribution < 1.29 is 4.79 Å². The monoisotopic (exact) mass is 261 g/mol. The summed E-state index contributed by atoms with van der Waals surface area (Å²) in [4.78, 5) is 18.6. The number of hydrogen-bond donors (Lipinski definition) is 0. The Labute approximate surface area is 110 Å². The number of Topliss-reactive ketones (excluding diaryl/α,β-unsaturated/α-hetero) is 1. The van der Waals surface area contributed by atoms with Crippen LogP contribution in [0.3, 0.4) is 0 Å². The summed E-state index contributed by atoms with van der Waals surface area (Å²) in [6, 6.07) is 2.08. The van der Waals surface area contributed by atoms with Crippen LogP contribution in [0.5, 0.6) is 0 Å². The molecule has 0 fully saturated rings. The number of thiophene rings is 1. The second-order valence-electron chi connectivity index (χ2n) is 4.67. The lowest BCUT2D eigenvalue weighted by Gasteiger charge is -2.08. The summed E-state index contributed by atoms with van der Waals surface area (Å²) in [5, 5.41) is 3.99. The van der Waals surface area contributed by atoms with Gasteiger partial charge in [-0.15, -0.1) is 11.3 Å². The lowest BCUT2D eigenvalue weighted by atomic mass is 9.99. The van der Waals surface area contributed by atoms with Gasteiger partial charge in [-0.25, -0.2) is 4.98 Å². The largest absolute Gasteiger partial charge is 0.293 e. The molecule has 0 aliphatic heterocycles. The second-order valence-corrected chi connectivity index (χ2v) is 5.80. The maximum absolute atomic E-state index is 12.2. The van der Waals surface area contributed by atoms with E-state index in [0.717, 1.165) is 23.5 Å². The summed E-state index contributed by atoms with van der Waals surface area (Å²) < 4.78 is 1.66. The molecule has 94 valence electrons. The van der Waals surface area contributed by atoms with Gasteiger partial charge in [-0.3, -0.25) is 9.48 Å². The van der Waals surface area contributed by atoms with Crippen LogP contribution in [-0.4, -0.2) is 20.5 Å². The second kappa shape index (κ2) is 4.65. The van der Waals surface area contributed by atoms with E-state index in [1.54, 1.807) is 16.0 Å². The molecule has 0 N–H and O–H groups in total. The molecule has 5 heteroatoms. The smallest absolute Gasteiger partial charge is 0.180 e. The highest BCUT2D eigenvalue weighted by Gasteiger charge is 2.18. The first-order valence-electron chi connectivity index (χ1n) is 6.21. The lowest BCUT2D eigenvalue weighted by Crippen LogP contribution is -2.07. The third kappa shape index (κ3) is 2.10. The Morgan fingerprint density at radius 2 is 2.28 bits per heavy atom. The van der Waals surface area contributed by atoms with Gasteiger partial charge < -0.3 is 0 Å². The molecule has 0 atom stereocenters. The third-order valence-electron chi connectivity index (χ3n) is 3.40. The van der Waals surface area contributed by atoms with Gasteiger partial charge in [0.15, 0.2) is 5.78 Å². The normalized spacial score (nSPS) is 14.5. The molecule has 2 aromatic heterocycles. The minimum Gasteiger partial charge on any atom is -0.293 e. The molecule has 0 aromatic carbocycles. The van der Waals surface area contributed by atoms with Crippen LogP contribution in [0.1, 0.15) is 38.8 Å². The standard InChI is InChI=1S/C13H15N3OS/c1-16-13(14-8-15-16)7-10(17)12-6-9-4-2-3-5-11(9)18-12/h6,8H,2-5,7H2,1H3. The predicted octanol–water partition coefficient (Wildman–Crippen LogP) is 2.18. The molecule has 4 nitrogen and oxygen atoms in total. The number of aromatic nitrogens is 3. The van der Waals surface area contributed by atoms with Crippen molar-refractivity contribution in [2.24, 2.45) is 7.05 Å². The first kappa shape index (κ1) is 11.6. The third-order valence-corrected chi connectivity index (χ3v) is 4.67. The molecule has 18 heavy (non-hydrogen) atoms. The van der Waals surface area contributed by atoms with E-state index >= 15 is 0 Å². The van der Waals surface area contributed by atoms with Crippen molar-refractivity contribution in [3.63, 3.8) is 0 Å². The van der Waals surface area contributed by atoms with E-state index in [-0.39, 0.29) is 5.78 Å². The molecule has 2 heterocycles. The minimum absolute atomic E-state index is 0.158. The molecule has 1 aliphatic carbocycles. The Balaban J connectivity index is 1.80. The van der Waals surface area contributed by atoms with Gasteiger partial charge in [-0.05, 0) is 37.3 Å². The molecule has 0 unspecified atom stereocenters. The van der Waals surface area contributed by atoms with Crippen LogP contribution in [0, 0.1) is 0 Å². The average molecular weight is 261 g/mol. The summed E-state index contributed by atoms with van der Waals surface area (Å²) in [5.41, 5.74) is 1.38. The van der Waals surface area contributed by atoms with Gasteiger partial charge >= 0.3 is 0 Å². The van der Waals surface area contributed by atoms with E-state index in [9.17, 15) is 4.79 Å². The van der Waals surface area contributed by atoms with Gasteiger partial charge in [0.05, 0.1) is 11.3 Å². The Kier molecular flexibility index (Phi) is 2.99. The minimum atomic E-state index is 0.158. The van der Waals surface area contributed by atoms with Crippen molar-refractivity contribution in [1.29, 1.82) is 0 Å². The maximum Gasteiger partial charge on any atom is 0.180 e. The summed E-state index contributed by atoms with van der Waals surface area (Å²) in [7, 11) is 1.81. The van der Waals surface area contributed by atoms with Crippen molar-refractivity contribution in [3.8, 4) is 0 Å². The molecule has 3 rings (SSSR count). The molecule has 0 saturated heterocycles. The Morgan fingerprint density at radius 1 is 1.44 bits per heavy atom. The number of rotatable bonds is 3. The predicted molar refractivity (Wildman–Crippen MR) is 70.0 cm³/mol. The van der Waals surface area contributed by atoms with Gasteiger partial charge in [0.1, 0.15) is 12.2 Å². The number of fused-ring (bicyclic) bond motifs is 1. The fraction of sp³-hybridized carbons (Fsp3) is 0.462. The fourth-order valence-corrected chi connectivity index (χ4v) is 3.53. The van der Waals surface area contributed by atoms with Crippen LogP contribution < -0.4 is 0 Å². The topological polar surface area (TPSA) is 47.8 Å². The zero-order valence-electron chi connectivity index (χ0n) is 10.3. The Bertz CT molecular complexity index is 561. The van der Waals surface area contributed by atoms with E-state index < -0.39 is 0 Å². The molecule has 0 spiro atoms. The maximum atomic E-state index is 12.2. The molecule has 0 radical (unpaired) electrons. The quantitative estimate of drug-likeness (QED) is 0.796. The fourth-order valence-electron chi connectivity index (χ4n) is 2.34. The zero-order valence-corrected chi connectivity index (χ0v) is 11.2. The van der Waals surface area contributed by atoms with Crippen molar-refractivity contribution >= 4 is 17.1 Å². The van der Waals surface area contributed by atoms with Crippen molar-refractivity contribution in [2.75, 3.05) is 0 Å². The number of aryl methyl sites for hydroxylation is 3. The number of nitrogens with zero attached hydrogens (tertiary/aromatic N) is 3. The highest BCUT2D eigenvalue weighted by Crippen LogP contribution is 2.30. The number of carbonyl (C=O) groups is 1. The molecule has 0 amide bonds. The lowest BCUT2D eigenvalue weighted by molar-refractivity contribution is 0.0993. The van der Waals surface area contributed by atoms with Crippen molar-refractivity contribution in [2.45, 2.75) is 32.1 Å². The van der Waals surface area contributed by atoms with Gasteiger partial charge in [-0.2, -0.15) is 5.10 Å². The number of ketones is 1. The van der Waals surface area contributed by atoms with Gasteiger partial charge in [0.25, 0.3) is 0 Å². The first-order chi connectivity index (χ1) is 8.74. The number of hydrogen-bond acceptors (Lipinski definition) is 4. The van der Waals surface area contributed by atoms with Gasteiger partial charge in [0, 0.05) is 11.9 Å². The Morgan fingerprint density at radius 3 is 3.00 bits per heavy atom. The summed E-state index contributed by atoms with van der Waals surface area (Å²) in [5.74, 6) is 0.886. The average Bonchev–Trinajstić information content (AvgIpc) is 2.96. The van der Waals surface area contributed by atoms with Crippen LogP contribution in [0.2, 0.25) is 0 Å². The van der Waals surface area contributed by atoms with E-state index in [0.29, 0.717) is 6.42 Å². The van der Waals surface area contributed by atoms with Crippen LogP contribution in [0.15, 0.2) is 12.4 Å². The molecule has 0 saturated carbocycles. The van der Waals surface area contributed by atoms with Crippen LogP contribution in [0.25, 0.3) is 0 Å².